The zero-order valence-electron chi connectivity index (χ0n) is 12.8. The fourth-order valence-electron chi connectivity index (χ4n) is 1.67. The number of nitrogens with two attached hydrogens (primary N) is 1. The van der Waals surface area contributed by atoms with Crippen molar-refractivity contribution in [1.29, 1.82) is 0 Å². The topological polar surface area (TPSA) is 82.8 Å². The van der Waals surface area contributed by atoms with Crippen molar-refractivity contribution in [2.24, 2.45) is 5.73 Å². The molecule has 1 atom stereocenters. The van der Waals surface area contributed by atoms with Crippen molar-refractivity contribution in [3.05, 3.63) is 18.2 Å². The Morgan fingerprint density at radius 3 is 2.29 bits per heavy atom. The van der Waals surface area contributed by atoms with Gasteiger partial charge in [0.05, 0.1) is 20.8 Å². The Labute approximate surface area is 125 Å². The van der Waals surface area contributed by atoms with E-state index in [9.17, 15) is 4.79 Å². The van der Waals surface area contributed by atoms with Crippen LogP contribution in [-0.4, -0.2) is 39.3 Å². The Hall–Kier alpha value is -1.95. The van der Waals surface area contributed by atoms with E-state index in [4.69, 9.17) is 19.9 Å². The van der Waals surface area contributed by atoms with Gasteiger partial charge in [0, 0.05) is 30.7 Å². The Bertz CT molecular complexity index is 427. The van der Waals surface area contributed by atoms with Gasteiger partial charge in [0.15, 0.2) is 0 Å². The molecule has 0 radical (unpaired) electrons. The van der Waals surface area contributed by atoms with Crippen LogP contribution >= 0.6 is 0 Å². The SMILES string of the molecule is COc1cc(OC)cc(OCCNC(=O)CCC(C)N)c1. The molecule has 0 saturated heterocycles. The summed E-state index contributed by atoms with van der Waals surface area (Å²) in [5.41, 5.74) is 5.60. The third kappa shape index (κ3) is 6.85. The molecular weight excluding hydrogens is 272 g/mol. The summed E-state index contributed by atoms with van der Waals surface area (Å²) in [5, 5.41) is 2.78. The standard InChI is InChI=1S/C15H24N2O4/c1-11(16)4-5-15(18)17-6-7-21-14-9-12(19-2)8-13(10-14)20-3/h8-11H,4-7,16H2,1-3H3,(H,17,18). The highest BCUT2D eigenvalue weighted by Crippen LogP contribution is 2.27. The van der Waals surface area contributed by atoms with Crippen molar-refractivity contribution in [1.82, 2.24) is 5.32 Å². The third-order valence-electron chi connectivity index (χ3n) is 2.84. The Kier molecular flexibility index (Phi) is 7.39. The predicted molar refractivity (Wildman–Crippen MR) is 80.9 cm³/mol. The molecule has 1 aromatic carbocycles. The first-order chi connectivity index (χ1) is 10.0. The van der Waals surface area contributed by atoms with Crippen LogP contribution in [0, 0.1) is 0 Å². The maximum Gasteiger partial charge on any atom is 0.220 e. The van der Waals surface area contributed by atoms with E-state index < -0.39 is 0 Å². The lowest BCUT2D eigenvalue weighted by molar-refractivity contribution is -0.121. The number of amides is 1. The molecule has 0 saturated carbocycles. The van der Waals surface area contributed by atoms with Gasteiger partial charge in [-0.15, -0.1) is 0 Å². The van der Waals surface area contributed by atoms with Crippen molar-refractivity contribution < 1.29 is 19.0 Å². The Morgan fingerprint density at radius 1 is 1.19 bits per heavy atom. The molecular formula is C15H24N2O4. The number of benzene rings is 1. The lowest BCUT2D eigenvalue weighted by atomic mass is 10.2. The van der Waals surface area contributed by atoms with Crippen molar-refractivity contribution in [2.45, 2.75) is 25.8 Å². The van der Waals surface area contributed by atoms with Crippen LogP contribution in [-0.2, 0) is 4.79 Å². The molecule has 0 aromatic heterocycles. The number of hydrogen-bond donors (Lipinski definition) is 2. The quantitative estimate of drug-likeness (QED) is 0.672. The van der Waals surface area contributed by atoms with Gasteiger partial charge in [0.2, 0.25) is 5.91 Å². The molecule has 118 valence electrons. The van der Waals surface area contributed by atoms with E-state index in [1.54, 1.807) is 32.4 Å². The van der Waals surface area contributed by atoms with E-state index in [0.29, 0.717) is 43.2 Å². The van der Waals surface area contributed by atoms with Gasteiger partial charge in [-0.1, -0.05) is 0 Å². The summed E-state index contributed by atoms with van der Waals surface area (Å²) in [7, 11) is 3.16. The molecule has 6 heteroatoms. The fraction of sp³-hybridized carbons (Fsp3) is 0.533. The highest BCUT2D eigenvalue weighted by atomic mass is 16.5. The van der Waals surface area contributed by atoms with Gasteiger partial charge >= 0.3 is 0 Å². The molecule has 0 bridgehead atoms. The van der Waals surface area contributed by atoms with Crippen LogP contribution in [0.15, 0.2) is 18.2 Å². The summed E-state index contributed by atoms with van der Waals surface area (Å²) >= 11 is 0. The molecule has 1 aromatic rings. The summed E-state index contributed by atoms with van der Waals surface area (Å²) < 4.78 is 15.9. The van der Waals surface area contributed by atoms with E-state index in [-0.39, 0.29) is 11.9 Å². The van der Waals surface area contributed by atoms with Crippen molar-refractivity contribution in [2.75, 3.05) is 27.4 Å². The molecule has 3 N–H and O–H groups in total. The second kappa shape index (κ2) is 9.07. The van der Waals surface area contributed by atoms with Gasteiger partial charge in [0.25, 0.3) is 0 Å². The summed E-state index contributed by atoms with van der Waals surface area (Å²) in [5.74, 6) is 1.94. The average Bonchev–Trinajstić information content (AvgIpc) is 2.49. The van der Waals surface area contributed by atoms with Crippen molar-refractivity contribution >= 4 is 5.91 Å². The number of carbonyl (C=O) groups is 1. The number of ether oxygens (including phenoxy) is 3. The predicted octanol–water partition coefficient (Wildman–Crippen LogP) is 1.33. The van der Waals surface area contributed by atoms with Crippen molar-refractivity contribution in [3.8, 4) is 17.2 Å². The summed E-state index contributed by atoms with van der Waals surface area (Å²) in [6.07, 6.45) is 1.12. The number of methoxy groups -OCH3 is 2. The molecule has 0 fully saturated rings. The largest absolute Gasteiger partial charge is 0.496 e. The van der Waals surface area contributed by atoms with Crippen LogP contribution in [0.25, 0.3) is 0 Å². The van der Waals surface area contributed by atoms with Crippen LogP contribution in [0.4, 0.5) is 0 Å². The smallest absolute Gasteiger partial charge is 0.220 e. The second-order valence-corrected chi connectivity index (χ2v) is 4.76. The monoisotopic (exact) mass is 296 g/mol. The van der Waals surface area contributed by atoms with E-state index in [1.807, 2.05) is 6.92 Å². The minimum absolute atomic E-state index is 0.0147. The maximum absolute atomic E-state index is 11.5. The molecule has 1 amide bonds. The maximum atomic E-state index is 11.5. The number of hydrogen-bond acceptors (Lipinski definition) is 5. The van der Waals surface area contributed by atoms with Crippen molar-refractivity contribution in [3.63, 3.8) is 0 Å². The van der Waals surface area contributed by atoms with Crippen LogP contribution in [0.1, 0.15) is 19.8 Å². The second-order valence-electron chi connectivity index (χ2n) is 4.76. The molecule has 0 aliphatic rings. The first kappa shape index (κ1) is 17.1. The van der Waals surface area contributed by atoms with E-state index in [1.165, 1.54) is 0 Å². The first-order valence-electron chi connectivity index (χ1n) is 6.93. The molecule has 1 rings (SSSR count). The molecule has 0 spiro atoms. The number of nitrogens with one attached hydrogen (secondary N) is 1. The third-order valence-corrected chi connectivity index (χ3v) is 2.84. The fourth-order valence-corrected chi connectivity index (χ4v) is 1.67. The summed E-state index contributed by atoms with van der Waals surface area (Å²) in [4.78, 5) is 11.5. The molecule has 0 aliphatic heterocycles. The van der Waals surface area contributed by atoms with Gasteiger partial charge in [-0.3, -0.25) is 4.79 Å². The Balaban J connectivity index is 2.33. The summed E-state index contributed by atoms with van der Waals surface area (Å²) in [6, 6.07) is 5.33. The molecule has 21 heavy (non-hydrogen) atoms. The highest BCUT2D eigenvalue weighted by molar-refractivity contribution is 5.75. The molecule has 1 unspecified atom stereocenters. The van der Waals surface area contributed by atoms with Crippen LogP contribution in [0.5, 0.6) is 17.2 Å². The van der Waals surface area contributed by atoms with E-state index in [2.05, 4.69) is 5.32 Å². The average molecular weight is 296 g/mol. The van der Waals surface area contributed by atoms with E-state index in [0.717, 1.165) is 0 Å². The van der Waals surface area contributed by atoms with Crippen LogP contribution in [0.3, 0.4) is 0 Å². The van der Waals surface area contributed by atoms with Crippen LogP contribution < -0.4 is 25.3 Å². The zero-order valence-corrected chi connectivity index (χ0v) is 12.8. The van der Waals surface area contributed by atoms with Gasteiger partial charge in [0.1, 0.15) is 23.9 Å². The normalized spacial score (nSPS) is 11.6. The molecule has 0 heterocycles. The first-order valence-corrected chi connectivity index (χ1v) is 6.93. The molecule has 0 aliphatic carbocycles. The van der Waals surface area contributed by atoms with E-state index >= 15 is 0 Å². The lowest BCUT2D eigenvalue weighted by Crippen LogP contribution is -2.29. The van der Waals surface area contributed by atoms with Gasteiger partial charge in [-0.25, -0.2) is 0 Å². The van der Waals surface area contributed by atoms with Gasteiger partial charge < -0.3 is 25.3 Å². The highest BCUT2D eigenvalue weighted by Gasteiger charge is 2.05. The van der Waals surface area contributed by atoms with Crippen LogP contribution in [0.2, 0.25) is 0 Å². The molecule has 6 nitrogen and oxygen atoms in total. The van der Waals surface area contributed by atoms with Gasteiger partial charge in [-0.05, 0) is 13.3 Å². The minimum atomic E-state index is -0.0147. The van der Waals surface area contributed by atoms with Gasteiger partial charge in [-0.2, -0.15) is 0 Å². The zero-order chi connectivity index (χ0) is 15.7. The summed E-state index contributed by atoms with van der Waals surface area (Å²) in [6.45, 7) is 2.70. The number of rotatable bonds is 9. The number of carbonyl (C=O) groups excluding carboxylic acids is 1. The minimum Gasteiger partial charge on any atom is -0.496 e. The lowest BCUT2D eigenvalue weighted by Gasteiger charge is -2.11. The Morgan fingerprint density at radius 2 is 1.76 bits per heavy atom.